The molecule has 0 aliphatic carbocycles. The van der Waals surface area contributed by atoms with E-state index in [4.69, 9.17) is 32.9 Å². The largest absolute Gasteiger partial charge is 0.418 e. The fourth-order valence-electron chi connectivity index (χ4n) is 5.33. The van der Waals surface area contributed by atoms with Crippen molar-refractivity contribution in [2.45, 2.75) is 105 Å². The van der Waals surface area contributed by atoms with Crippen molar-refractivity contribution in [1.82, 2.24) is 0 Å². The van der Waals surface area contributed by atoms with E-state index in [1.54, 1.807) is 0 Å². The highest BCUT2D eigenvalue weighted by molar-refractivity contribution is 7.65. The van der Waals surface area contributed by atoms with E-state index in [0.29, 0.717) is 0 Å². The molecule has 17 heteroatoms. The summed E-state index contributed by atoms with van der Waals surface area (Å²) in [5.41, 5.74) is 0. The number of hydrogen-bond donors (Lipinski definition) is 0. The van der Waals surface area contributed by atoms with Gasteiger partial charge in [-0.2, -0.15) is 0 Å². The summed E-state index contributed by atoms with van der Waals surface area (Å²) in [6.07, 6.45) is 0. The maximum absolute atomic E-state index is 7.09. The van der Waals surface area contributed by atoms with Crippen molar-refractivity contribution in [2.75, 3.05) is 0 Å². The van der Waals surface area contributed by atoms with Crippen LogP contribution in [0.25, 0.3) is 0 Å². The van der Waals surface area contributed by atoms with E-state index in [1.165, 1.54) is 0 Å². The second-order valence-electron chi connectivity index (χ2n) is 12.7. The Hall–Kier alpha value is 1.63. The van der Waals surface area contributed by atoms with Crippen LogP contribution in [0.15, 0.2) is 0 Å². The van der Waals surface area contributed by atoms with Crippen LogP contribution in [0, 0.1) is 0 Å². The smallest absolute Gasteiger partial charge is 0.314 e. The zero-order valence-electron chi connectivity index (χ0n) is 23.8. The summed E-state index contributed by atoms with van der Waals surface area (Å²) in [4.78, 5) is 0. The standard InChI is InChI=1S/C16H48O8Si9/c1-25(2)17-27(5,6)21-32(15,22-28(7,8)18-25)31(13,14)33(16)23-29(9,10)19-26(3,4)20-30(11,12)24-33/h1-16H3. The maximum atomic E-state index is 7.09. The molecular weight excluding hydrogens is 573 g/mol. The first-order valence-corrected chi connectivity index (χ1v) is 38.3. The molecule has 0 bridgehead atoms. The van der Waals surface area contributed by atoms with Gasteiger partial charge in [-0.15, -0.1) is 0 Å². The Morgan fingerprint density at radius 2 is 0.455 bits per heavy atom. The lowest BCUT2D eigenvalue weighted by molar-refractivity contribution is 0.240. The van der Waals surface area contributed by atoms with E-state index in [2.05, 4.69) is 105 Å². The summed E-state index contributed by atoms with van der Waals surface area (Å²) in [6, 6.07) is 0. The van der Waals surface area contributed by atoms with E-state index < -0.39 is 74.6 Å². The van der Waals surface area contributed by atoms with E-state index >= 15 is 0 Å². The van der Waals surface area contributed by atoms with Crippen LogP contribution in [0.1, 0.15) is 0 Å². The Bertz CT molecular complexity index is 652. The molecule has 0 atom stereocenters. The van der Waals surface area contributed by atoms with Crippen molar-refractivity contribution < 1.29 is 32.9 Å². The Balaban J connectivity index is 2.61. The number of rotatable bonds is 2. The van der Waals surface area contributed by atoms with Crippen LogP contribution in [0.5, 0.6) is 0 Å². The molecule has 0 saturated carbocycles. The van der Waals surface area contributed by atoms with Crippen LogP contribution in [-0.4, -0.2) is 74.6 Å². The first-order chi connectivity index (χ1) is 14.2. The Morgan fingerprint density at radius 3 is 0.636 bits per heavy atom. The van der Waals surface area contributed by atoms with Crippen LogP contribution < -0.4 is 0 Å². The molecule has 2 rings (SSSR count). The molecule has 2 aliphatic rings. The lowest BCUT2D eigenvalue weighted by Gasteiger charge is -2.57. The molecule has 0 unspecified atom stereocenters. The molecule has 0 radical (unpaired) electrons. The summed E-state index contributed by atoms with van der Waals surface area (Å²) in [5.74, 6) is 0. The molecule has 0 aromatic rings. The third-order valence-electron chi connectivity index (χ3n) is 6.00. The highest BCUT2D eigenvalue weighted by Crippen LogP contribution is 2.42. The lowest BCUT2D eigenvalue weighted by atomic mass is 11.9. The zero-order valence-corrected chi connectivity index (χ0v) is 32.8. The van der Waals surface area contributed by atoms with Crippen LogP contribution in [0.3, 0.4) is 0 Å². The van der Waals surface area contributed by atoms with Crippen molar-refractivity contribution in [2.24, 2.45) is 0 Å². The molecule has 33 heavy (non-hydrogen) atoms. The lowest BCUT2D eigenvalue weighted by Crippen LogP contribution is -2.84. The summed E-state index contributed by atoms with van der Waals surface area (Å²) >= 11 is 0. The van der Waals surface area contributed by atoms with Gasteiger partial charge < -0.3 is 32.9 Å². The Labute approximate surface area is 211 Å². The average Bonchev–Trinajstić information content (AvgIpc) is 2.34. The van der Waals surface area contributed by atoms with Gasteiger partial charge in [0.1, 0.15) is 0 Å². The first-order valence-electron chi connectivity index (χ1n) is 11.8. The van der Waals surface area contributed by atoms with Gasteiger partial charge in [0.2, 0.25) is 0 Å². The fraction of sp³-hybridized carbons (Fsp3) is 1.00. The SMILES string of the molecule is C[Si]1(C)O[Si](C)(C)O[Si](C)([Si](C)(C)[Si]2(C)O[Si](C)(C)O[Si](C)(C)O[Si](C)(C)O2)O[Si](C)(C)O1. The second kappa shape index (κ2) is 8.84. The van der Waals surface area contributed by atoms with Crippen LogP contribution in [-0.2, 0) is 32.9 Å². The summed E-state index contributed by atoms with van der Waals surface area (Å²) < 4.78 is 54.8. The van der Waals surface area contributed by atoms with Crippen molar-refractivity contribution in [1.29, 1.82) is 0 Å². The van der Waals surface area contributed by atoms with Gasteiger partial charge in [-0.3, -0.25) is 0 Å². The minimum Gasteiger partial charge on any atom is -0.418 e. The van der Waals surface area contributed by atoms with Gasteiger partial charge in [-0.1, -0.05) is 13.1 Å². The highest BCUT2D eigenvalue weighted by Gasteiger charge is 2.71. The molecule has 8 nitrogen and oxygen atoms in total. The van der Waals surface area contributed by atoms with Gasteiger partial charge in [0.15, 0.2) is 7.11 Å². The molecule has 2 aliphatic heterocycles. The molecule has 0 amide bonds. The fourth-order valence-corrected chi connectivity index (χ4v) is 82.0. The molecular formula is C16H48O8Si9. The molecule has 2 saturated heterocycles. The zero-order chi connectivity index (χ0) is 26.2. The van der Waals surface area contributed by atoms with Gasteiger partial charge >= 0.3 is 51.4 Å². The van der Waals surface area contributed by atoms with E-state index in [0.717, 1.165) is 0 Å². The molecule has 196 valence electrons. The highest BCUT2D eigenvalue weighted by atomic mass is 29.7. The summed E-state index contributed by atoms with van der Waals surface area (Å²) in [7, 11) is -23.0. The van der Waals surface area contributed by atoms with Crippen molar-refractivity contribution in [3.05, 3.63) is 0 Å². The number of hydrogen-bond acceptors (Lipinski definition) is 8. The molecule has 0 aromatic heterocycles. The minimum atomic E-state index is -2.85. The van der Waals surface area contributed by atoms with Crippen molar-refractivity contribution in [3.63, 3.8) is 0 Å². The second-order valence-corrected chi connectivity index (χ2v) is 57.5. The van der Waals surface area contributed by atoms with Gasteiger partial charge in [-0.25, -0.2) is 0 Å². The van der Waals surface area contributed by atoms with Gasteiger partial charge in [-0.05, 0) is 91.7 Å². The summed E-state index contributed by atoms with van der Waals surface area (Å²) in [6.45, 7) is 34.4. The van der Waals surface area contributed by atoms with E-state index in [1.807, 2.05) is 0 Å². The van der Waals surface area contributed by atoms with Crippen molar-refractivity contribution in [3.8, 4) is 0 Å². The van der Waals surface area contributed by atoms with Crippen LogP contribution in [0.4, 0.5) is 0 Å². The molecule has 2 fully saturated rings. The normalized spacial score (nSPS) is 32.0. The molecule has 0 N–H and O–H groups in total. The third kappa shape index (κ3) is 7.36. The Kier molecular flexibility index (Phi) is 8.27. The van der Waals surface area contributed by atoms with E-state index in [9.17, 15) is 0 Å². The monoisotopic (exact) mass is 620 g/mol. The van der Waals surface area contributed by atoms with Crippen LogP contribution in [0.2, 0.25) is 105 Å². The summed E-state index contributed by atoms with van der Waals surface area (Å²) in [5, 5.41) is 0. The maximum Gasteiger partial charge on any atom is 0.314 e. The molecule has 2 heterocycles. The van der Waals surface area contributed by atoms with Gasteiger partial charge in [0.05, 0.1) is 0 Å². The first kappa shape index (κ1) is 30.9. The molecule has 0 aromatic carbocycles. The quantitative estimate of drug-likeness (QED) is 0.382. The predicted molar refractivity (Wildman–Crippen MR) is 154 cm³/mol. The predicted octanol–water partition coefficient (Wildman–Crippen LogP) is 5.37. The topological polar surface area (TPSA) is 73.8 Å². The van der Waals surface area contributed by atoms with E-state index in [-0.39, 0.29) is 0 Å². The van der Waals surface area contributed by atoms with Crippen LogP contribution >= 0.6 is 0 Å². The van der Waals surface area contributed by atoms with Gasteiger partial charge in [0, 0.05) is 0 Å². The molecule has 0 spiro atoms. The average molecular weight is 621 g/mol. The minimum absolute atomic E-state index is 2.09. The van der Waals surface area contributed by atoms with Crippen molar-refractivity contribution >= 4 is 74.6 Å². The van der Waals surface area contributed by atoms with Gasteiger partial charge in [0.25, 0.3) is 16.2 Å². The third-order valence-corrected chi connectivity index (χ3v) is 65.8. The Morgan fingerprint density at radius 1 is 0.303 bits per heavy atom.